The topological polar surface area (TPSA) is 21.3 Å². The van der Waals surface area contributed by atoms with E-state index in [1.807, 2.05) is 12.1 Å². The maximum absolute atomic E-state index is 5.89. The summed E-state index contributed by atoms with van der Waals surface area (Å²) >= 11 is 3.50. The third-order valence-corrected chi connectivity index (χ3v) is 3.28. The molecule has 0 heterocycles. The molecule has 1 N–H and O–H groups in total. The lowest BCUT2D eigenvalue weighted by atomic mass is 10.0. The molecular formula is C16H24BrNO. The van der Waals surface area contributed by atoms with Crippen molar-refractivity contribution in [2.75, 3.05) is 13.2 Å². The van der Waals surface area contributed by atoms with E-state index >= 15 is 0 Å². The Kier molecular flexibility index (Phi) is 6.59. The monoisotopic (exact) mass is 325 g/mol. The summed E-state index contributed by atoms with van der Waals surface area (Å²) < 4.78 is 6.97. The Morgan fingerprint density at radius 2 is 2.00 bits per heavy atom. The van der Waals surface area contributed by atoms with Crippen LogP contribution in [0.3, 0.4) is 0 Å². The Hall–Kier alpha value is -0.800. The Morgan fingerprint density at radius 1 is 1.32 bits per heavy atom. The van der Waals surface area contributed by atoms with Crippen molar-refractivity contribution in [1.29, 1.82) is 0 Å². The van der Waals surface area contributed by atoms with Gasteiger partial charge in [0.1, 0.15) is 12.4 Å². The average molecular weight is 326 g/mol. The summed E-state index contributed by atoms with van der Waals surface area (Å²) in [5, 5.41) is 3.34. The molecule has 0 bridgehead atoms. The number of ether oxygens (including phenoxy) is 1. The highest BCUT2D eigenvalue weighted by Gasteiger charge is 2.09. The van der Waals surface area contributed by atoms with E-state index in [-0.39, 0.29) is 0 Å². The molecule has 0 aromatic heterocycles. The van der Waals surface area contributed by atoms with E-state index in [1.54, 1.807) is 0 Å². The smallest absolute Gasteiger partial charge is 0.123 e. The van der Waals surface area contributed by atoms with Crippen molar-refractivity contribution < 1.29 is 4.74 Å². The largest absolute Gasteiger partial charge is 0.489 e. The molecule has 0 amide bonds. The van der Waals surface area contributed by atoms with Crippen LogP contribution in [0.25, 0.3) is 0 Å². The highest BCUT2D eigenvalue weighted by Crippen LogP contribution is 2.29. The summed E-state index contributed by atoms with van der Waals surface area (Å²) in [7, 11) is 0. The zero-order valence-electron chi connectivity index (χ0n) is 12.3. The van der Waals surface area contributed by atoms with Gasteiger partial charge >= 0.3 is 0 Å². The lowest BCUT2D eigenvalue weighted by Crippen LogP contribution is -2.26. The fraction of sp³-hybridized carbons (Fsp3) is 0.500. The summed E-state index contributed by atoms with van der Waals surface area (Å²) in [6.07, 6.45) is 0. The van der Waals surface area contributed by atoms with Crippen molar-refractivity contribution in [3.8, 4) is 5.75 Å². The van der Waals surface area contributed by atoms with Gasteiger partial charge in [0, 0.05) is 17.1 Å². The molecule has 2 nitrogen and oxygen atoms in total. The van der Waals surface area contributed by atoms with Crippen LogP contribution in [0, 0.1) is 0 Å². The predicted molar refractivity (Wildman–Crippen MR) is 86.0 cm³/mol. The van der Waals surface area contributed by atoms with Crippen molar-refractivity contribution in [3.05, 3.63) is 40.4 Å². The van der Waals surface area contributed by atoms with Crippen molar-refractivity contribution >= 4 is 15.9 Å². The van der Waals surface area contributed by atoms with Crippen LogP contribution in [0.5, 0.6) is 5.75 Å². The molecule has 0 atom stereocenters. The van der Waals surface area contributed by atoms with E-state index in [0.29, 0.717) is 18.6 Å². The van der Waals surface area contributed by atoms with Crippen LogP contribution >= 0.6 is 15.9 Å². The van der Waals surface area contributed by atoms with Crippen LogP contribution < -0.4 is 10.1 Å². The fourth-order valence-electron chi connectivity index (χ4n) is 1.68. The number of nitrogens with one attached hydrogen (secondary N) is 1. The van der Waals surface area contributed by atoms with Gasteiger partial charge in [-0.1, -0.05) is 50.2 Å². The van der Waals surface area contributed by atoms with E-state index in [0.717, 1.165) is 22.3 Å². The molecule has 1 aromatic carbocycles. The minimum Gasteiger partial charge on any atom is -0.489 e. The van der Waals surface area contributed by atoms with Gasteiger partial charge in [-0.05, 0) is 35.3 Å². The standard InChI is InChI=1S/C16H24BrNO/c1-11(2)15-8-14(17)6-7-16(15)19-10-13(5)9-18-12(3)4/h6-8,11-12,18H,5,9-10H2,1-4H3. The highest BCUT2D eigenvalue weighted by atomic mass is 79.9. The van der Waals surface area contributed by atoms with Gasteiger partial charge in [-0.15, -0.1) is 0 Å². The molecule has 0 saturated heterocycles. The molecule has 0 aliphatic heterocycles. The molecule has 3 heteroatoms. The normalized spacial score (nSPS) is 11.1. The zero-order valence-corrected chi connectivity index (χ0v) is 13.9. The molecule has 0 radical (unpaired) electrons. The van der Waals surface area contributed by atoms with E-state index in [4.69, 9.17) is 4.74 Å². The van der Waals surface area contributed by atoms with E-state index < -0.39 is 0 Å². The maximum atomic E-state index is 5.89. The highest BCUT2D eigenvalue weighted by molar-refractivity contribution is 9.10. The number of halogens is 1. The summed E-state index contributed by atoms with van der Waals surface area (Å²) in [6, 6.07) is 6.62. The van der Waals surface area contributed by atoms with Gasteiger partial charge in [0.05, 0.1) is 0 Å². The molecule has 1 rings (SSSR count). The van der Waals surface area contributed by atoms with E-state index in [2.05, 4.69) is 61.6 Å². The van der Waals surface area contributed by atoms with Crippen LogP contribution in [0.1, 0.15) is 39.2 Å². The molecule has 0 unspecified atom stereocenters. The number of hydrogen-bond donors (Lipinski definition) is 1. The van der Waals surface area contributed by atoms with Crippen molar-refractivity contribution in [1.82, 2.24) is 5.32 Å². The Balaban J connectivity index is 2.60. The van der Waals surface area contributed by atoms with Crippen molar-refractivity contribution in [2.24, 2.45) is 0 Å². The maximum Gasteiger partial charge on any atom is 0.123 e. The first kappa shape index (κ1) is 16.3. The molecule has 1 aromatic rings. The van der Waals surface area contributed by atoms with Gasteiger partial charge < -0.3 is 10.1 Å². The third-order valence-electron chi connectivity index (χ3n) is 2.79. The van der Waals surface area contributed by atoms with Gasteiger partial charge in [-0.3, -0.25) is 0 Å². The van der Waals surface area contributed by atoms with Gasteiger partial charge in [-0.25, -0.2) is 0 Å². The fourth-order valence-corrected chi connectivity index (χ4v) is 2.06. The van der Waals surface area contributed by atoms with Crippen LogP contribution in [-0.2, 0) is 0 Å². The molecule has 0 aliphatic rings. The van der Waals surface area contributed by atoms with Crippen LogP contribution in [0.15, 0.2) is 34.8 Å². The molecule has 0 aliphatic carbocycles. The summed E-state index contributed by atoms with van der Waals surface area (Å²) in [5.41, 5.74) is 2.28. The Labute approximate surface area is 125 Å². The van der Waals surface area contributed by atoms with Crippen LogP contribution in [0.4, 0.5) is 0 Å². The minimum atomic E-state index is 0.439. The first-order valence-corrected chi connectivity index (χ1v) is 7.51. The lowest BCUT2D eigenvalue weighted by Gasteiger charge is -2.16. The van der Waals surface area contributed by atoms with E-state index in [1.165, 1.54) is 5.56 Å². The van der Waals surface area contributed by atoms with E-state index in [9.17, 15) is 0 Å². The minimum absolute atomic E-state index is 0.439. The van der Waals surface area contributed by atoms with Gasteiger partial charge in [-0.2, -0.15) is 0 Å². The summed E-state index contributed by atoms with van der Waals surface area (Å²) in [6.45, 7) is 14.0. The number of hydrogen-bond acceptors (Lipinski definition) is 2. The summed E-state index contributed by atoms with van der Waals surface area (Å²) in [4.78, 5) is 0. The summed E-state index contributed by atoms with van der Waals surface area (Å²) in [5.74, 6) is 1.39. The second-order valence-electron chi connectivity index (χ2n) is 5.41. The van der Waals surface area contributed by atoms with Crippen molar-refractivity contribution in [2.45, 2.75) is 39.7 Å². The lowest BCUT2D eigenvalue weighted by molar-refractivity contribution is 0.342. The molecule has 0 saturated carbocycles. The zero-order chi connectivity index (χ0) is 14.4. The molecular weight excluding hydrogens is 302 g/mol. The first-order valence-electron chi connectivity index (χ1n) is 6.72. The van der Waals surface area contributed by atoms with Crippen LogP contribution in [0.2, 0.25) is 0 Å². The van der Waals surface area contributed by atoms with Crippen molar-refractivity contribution in [3.63, 3.8) is 0 Å². The Morgan fingerprint density at radius 3 is 2.58 bits per heavy atom. The number of rotatable bonds is 7. The van der Waals surface area contributed by atoms with Gasteiger partial charge in [0.15, 0.2) is 0 Å². The molecule has 0 spiro atoms. The quantitative estimate of drug-likeness (QED) is 0.745. The number of benzene rings is 1. The Bertz CT molecular complexity index is 427. The van der Waals surface area contributed by atoms with Gasteiger partial charge in [0.2, 0.25) is 0 Å². The SMILES string of the molecule is C=C(CNC(C)C)COc1ccc(Br)cc1C(C)C. The second-order valence-corrected chi connectivity index (χ2v) is 6.33. The third kappa shape index (κ3) is 5.79. The first-order chi connectivity index (χ1) is 8.90. The van der Waals surface area contributed by atoms with Crippen LogP contribution in [-0.4, -0.2) is 19.2 Å². The molecule has 19 heavy (non-hydrogen) atoms. The molecule has 0 fully saturated rings. The molecule has 106 valence electrons. The van der Waals surface area contributed by atoms with Gasteiger partial charge in [0.25, 0.3) is 0 Å². The predicted octanol–water partition coefficient (Wildman–Crippen LogP) is 4.51. The second kappa shape index (κ2) is 7.71. The average Bonchev–Trinajstić information content (AvgIpc) is 2.34.